The van der Waals surface area contributed by atoms with Crippen LogP contribution in [0.2, 0.25) is 0 Å². The molecular formula is C7H16N2O. The third-order valence-corrected chi connectivity index (χ3v) is 1.53. The normalized spacial score (nSPS) is 12.6. The average Bonchev–Trinajstić information content (AvgIpc) is 1.98. The summed E-state index contributed by atoms with van der Waals surface area (Å²) < 4.78 is 0. The van der Waals surface area contributed by atoms with E-state index in [0.29, 0.717) is 6.04 Å². The standard InChI is InChI=1S/C7H16N2O/c1-7(8-2)4-3-5-9-6-10/h6-8H,3-5H2,1-2H3,(H,9,10). The van der Waals surface area contributed by atoms with Crippen molar-refractivity contribution in [2.75, 3.05) is 13.6 Å². The first kappa shape index (κ1) is 9.43. The molecule has 0 bridgehead atoms. The van der Waals surface area contributed by atoms with Gasteiger partial charge in [0.25, 0.3) is 0 Å². The van der Waals surface area contributed by atoms with E-state index in [2.05, 4.69) is 17.6 Å². The molecule has 0 radical (unpaired) electrons. The molecule has 0 aliphatic carbocycles. The number of nitrogens with one attached hydrogen (secondary N) is 2. The maximum atomic E-state index is 9.79. The van der Waals surface area contributed by atoms with Crippen LogP contribution in [0, 0.1) is 0 Å². The molecule has 10 heavy (non-hydrogen) atoms. The lowest BCUT2D eigenvalue weighted by atomic mass is 10.2. The zero-order valence-corrected chi connectivity index (χ0v) is 6.68. The van der Waals surface area contributed by atoms with Crippen LogP contribution >= 0.6 is 0 Å². The van der Waals surface area contributed by atoms with Crippen LogP contribution in [-0.2, 0) is 4.79 Å². The highest BCUT2D eigenvalue weighted by atomic mass is 16.1. The third kappa shape index (κ3) is 5.56. The molecule has 60 valence electrons. The van der Waals surface area contributed by atoms with Gasteiger partial charge in [-0.25, -0.2) is 0 Å². The molecule has 0 saturated carbocycles. The van der Waals surface area contributed by atoms with Crippen molar-refractivity contribution >= 4 is 6.41 Å². The largest absolute Gasteiger partial charge is 0.359 e. The lowest BCUT2D eigenvalue weighted by Gasteiger charge is -2.08. The van der Waals surface area contributed by atoms with Crippen LogP contribution in [0.3, 0.4) is 0 Å². The summed E-state index contributed by atoms with van der Waals surface area (Å²) in [6.07, 6.45) is 2.89. The van der Waals surface area contributed by atoms with Crippen molar-refractivity contribution in [1.29, 1.82) is 0 Å². The van der Waals surface area contributed by atoms with Gasteiger partial charge in [0.05, 0.1) is 0 Å². The predicted octanol–water partition coefficient (Wildman–Crippen LogP) is 0.120. The highest BCUT2D eigenvalue weighted by Crippen LogP contribution is 1.92. The molecule has 3 heteroatoms. The van der Waals surface area contributed by atoms with Gasteiger partial charge in [-0.3, -0.25) is 4.79 Å². The first-order chi connectivity index (χ1) is 4.81. The molecule has 0 saturated heterocycles. The molecule has 1 atom stereocenters. The molecule has 0 heterocycles. The van der Waals surface area contributed by atoms with Crippen molar-refractivity contribution in [3.05, 3.63) is 0 Å². The number of carbonyl (C=O) groups excluding carboxylic acids is 1. The van der Waals surface area contributed by atoms with Gasteiger partial charge in [0, 0.05) is 12.6 Å². The Balaban J connectivity index is 2.95. The molecular weight excluding hydrogens is 128 g/mol. The quantitative estimate of drug-likeness (QED) is 0.410. The van der Waals surface area contributed by atoms with Crippen molar-refractivity contribution in [2.24, 2.45) is 0 Å². The minimum Gasteiger partial charge on any atom is -0.359 e. The zero-order valence-electron chi connectivity index (χ0n) is 6.68. The van der Waals surface area contributed by atoms with E-state index in [1.54, 1.807) is 0 Å². The molecule has 0 rings (SSSR count). The van der Waals surface area contributed by atoms with E-state index in [9.17, 15) is 4.79 Å². The Hall–Kier alpha value is -0.570. The van der Waals surface area contributed by atoms with Gasteiger partial charge in [0.1, 0.15) is 0 Å². The average molecular weight is 144 g/mol. The van der Waals surface area contributed by atoms with Crippen LogP contribution in [0.25, 0.3) is 0 Å². The molecule has 0 aromatic heterocycles. The fraction of sp³-hybridized carbons (Fsp3) is 0.857. The molecule has 1 unspecified atom stereocenters. The molecule has 0 spiro atoms. The van der Waals surface area contributed by atoms with E-state index in [4.69, 9.17) is 0 Å². The van der Waals surface area contributed by atoms with Crippen LogP contribution in [0.1, 0.15) is 19.8 Å². The van der Waals surface area contributed by atoms with Crippen LogP contribution < -0.4 is 10.6 Å². The van der Waals surface area contributed by atoms with Crippen LogP contribution in [0.15, 0.2) is 0 Å². The van der Waals surface area contributed by atoms with Crippen molar-refractivity contribution in [2.45, 2.75) is 25.8 Å². The molecule has 3 nitrogen and oxygen atoms in total. The second kappa shape index (κ2) is 6.55. The number of hydrogen-bond acceptors (Lipinski definition) is 2. The number of amides is 1. The smallest absolute Gasteiger partial charge is 0.207 e. The summed E-state index contributed by atoms with van der Waals surface area (Å²) in [5.74, 6) is 0. The lowest BCUT2D eigenvalue weighted by Crippen LogP contribution is -2.23. The summed E-state index contributed by atoms with van der Waals surface area (Å²) in [4.78, 5) is 9.79. The first-order valence-electron chi connectivity index (χ1n) is 3.65. The number of hydrogen-bond donors (Lipinski definition) is 2. The van der Waals surface area contributed by atoms with Crippen molar-refractivity contribution in [3.63, 3.8) is 0 Å². The van der Waals surface area contributed by atoms with E-state index < -0.39 is 0 Å². The van der Waals surface area contributed by atoms with E-state index in [1.807, 2.05) is 7.05 Å². The molecule has 0 aromatic carbocycles. The van der Waals surface area contributed by atoms with Gasteiger partial charge in [-0.05, 0) is 26.8 Å². The van der Waals surface area contributed by atoms with Crippen molar-refractivity contribution in [1.82, 2.24) is 10.6 Å². The topological polar surface area (TPSA) is 41.1 Å². The van der Waals surface area contributed by atoms with Gasteiger partial charge < -0.3 is 10.6 Å². The fourth-order valence-electron chi connectivity index (χ4n) is 0.714. The minimum atomic E-state index is 0.549. The Morgan fingerprint density at radius 1 is 1.60 bits per heavy atom. The second-order valence-electron chi connectivity index (χ2n) is 2.40. The zero-order chi connectivity index (χ0) is 7.82. The van der Waals surface area contributed by atoms with Gasteiger partial charge in [-0.2, -0.15) is 0 Å². The van der Waals surface area contributed by atoms with E-state index in [-0.39, 0.29) is 0 Å². The highest BCUT2D eigenvalue weighted by molar-refractivity contribution is 5.45. The summed E-state index contributed by atoms with van der Waals surface area (Å²) in [6, 6.07) is 0.549. The van der Waals surface area contributed by atoms with Crippen molar-refractivity contribution < 1.29 is 4.79 Å². The summed E-state index contributed by atoms with van der Waals surface area (Å²) in [5.41, 5.74) is 0. The number of rotatable bonds is 6. The maximum absolute atomic E-state index is 9.79. The summed E-state index contributed by atoms with van der Waals surface area (Å²) in [7, 11) is 1.94. The maximum Gasteiger partial charge on any atom is 0.207 e. The summed E-state index contributed by atoms with van der Waals surface area (Å²) >= 11 is 0. The van der Waals surface area contributed by atoms with Crippen LogP contribution in [0.5, 0.6) is 0 Å². The van der Waals surface area contributed by atoms with E-state index in [0.717, 1.165) is 25.8 Å². The molecule has 0 fully saturated rings. The first-order valence-corrected chi connectivity index (χ1v) is 3.65. The van der Waals surface area contributed by atoms with Crippen LogP contribution in [0.4, 0.5) is 0 Å². The van der Waals surface area contributed by atoms with Crippen molar-refractivity contribution in [3.8, 4) is 0 Å². The Kier molecular flexibility index (Phi) is 6.18. The summed E-state index contributed by atoms with van der Waals surface area (Å²) in [5, 5.41) is 5.75. The molecule has 0 aromatic rings. The predicted molar refractivity (Wildman–Crippen MR) is 41.8 cm³/mol. The van der Waals surface area contributed by atoms with Gasteiger partial charge in [0.2, 0.25) is 6.41 Å². The molecule has 0 aliphatic heterocycles. The minimum absolute atomic E-state index is 0.549. The van der Waals surface area contributed by atoms with E-state index in [1.165, 1.54) is 0 Å². The Morgan fingerprint density at radius 2 is 2.30 bits per heavy atom. The Morgan fingerprint density at radius 3 is 2.80 bits per heavy atom. The molecule has 2 N–H and O–H groups in total. The lowest BCUT2D eigenvalue weighted by molar-refractivity contribution is -0.109. The van der Waals surface area contributed by atoms with Gasteiger partial charge in [-0.15, -0.1) is 0 Å². The fourth-order valence-corrected chi connectivity index (χ4v) is 0.714. The van der Waals surface area contributed by atoms with Crippen LogP contribution in [-0.4, -0.2) is 26.0 Å². The Bertz CT molecular complexity index is 85.7. The number of carbonyl (C=O) groups is 1. The third-order valence-electron chi connectivity index (χ3n) is 1.53. The second-order valence-corrected chi connectivity index (χ2v) is 2.40. The van der Waals surface area contributed by atoms with Gasteiger partial charge in [-0.1, -0.05) is 0 Å². The van der Waals surface area contributed by atoms with E-state index >= 15 is 0 Å². The van der Waals surface area contributed by atoms with Gasteiger partial charge >= 0.3 is 0 Å². The summed E-state index contributed by atoms with van der Waals surface area (Å²) in [6.45, 7) is 2.91. The monoisotopic (exact) mass is 144 g/mol. The van der Waals surface area contributed by atoms with Gasteiger partial charge in [0.15, 0.2) is 0 Å². The Labute approximate surface area is 62.2 Å². The SMILES string of the molecule is CNC(C)CCCNC=O. The highest BCUT2D eigenvalue weighted by Gasteiger charge is 1.95. The molecule has 0 aliphatic rings. The molecule has 1 amide bonds.